The van der Waals surface area contributed by atoms with Gasteiger partial charge in [0.25, 0.3) is 5.91 Å². The zero-order valence-corrected chi connectivity index (χ0v) is 16.2. The lowest BCUT2D eigenvalue weighted by atomic mass is 10.1. The Labute approximate surface area is 169 Å². The quantitative estimate of drug-likeness (QED) is 0.579. The Morgan fingerprint density at radius 3 is 2.31 bits per heavy atom. The molecule has 146 valence electrons. The maximum absolute atomic E-state index is 12.9. The van der Waals surface area contributed by atoms with E-state index in [1.54, 1.807) is 42.5 Å². The average molecular weight is 388 g/mol. The van der Waals surface area contributed by atoms with Gasteiger partial charge in [0.15, 0.2) is 0 Å². The fourth-order valence-electron chi connectivity index (χ4n) is 2.73. The summed E-state index contributed by atoms with van der Waals surface area (Å²) >= 11 is 0. The van der Waals surface area contributed by atoms with Crippen molar-refractivity contribution in [2.24, 2.45) is 0 Å². The van der Waals surface area contributed by atoms with Gasteiger partial charge in [-0.25, -0.2) is 4.39 Å². The monoisotopic (exact) mass is 388 g/mol. The number of carbonyl (C=O) groups is 2. The van der Waals surface area contributed by atoms with E-state index in [4.69, 9.17) is 0 Å². The first kappa shape index (κ1) is 20.0. The smallest absolute Gasteiger partial charge is 0.257 e. The van der Waals surface area contributed by atoms with Gasteiger partial charge in [0.2, 0.25) is 5.91 Å². The summed E-state index contributed by atoms with van der Waals surface area (Å²) in [5.41, 5.74) is 4.37. The van der Waals surface area contributed by atoms with E-state index >= 15 is 0 Å². The Morgan fingerprint density at radius 2 is 1.59 bits per heavy atom. The molecule has 0 aliphatic rings. The Morgan fingerprint density at radius 1 is 0.862 bits per heavy atom. The molecule has 3 aromatic rings. The third-order valence-electron chi connectivity index (χ3n) is 4.49. The highest BCUT2D eigenvalue weighted by Crippen LogP contribution is 2.19. The van der Waals surface area contributed by atoms with Gasteiger partial charge in [0, 0.05) is 11.8 Å². The normalized spacial score (nSPS) is 10.7. The number of nitrogens with one attached hydrogen (secondary N) is 2. The summed E-state index contributed by atoms with van der Waals surface area (Å²) in [7, 11) is 0. The minimum absolute atomic E-state index is 0.313. The van der Waals surface area contributed by atoms with E-state index in [1.165, 1.54) is 18.2 Å². The van der Waals surface area contributed by atoms with Crippen LogP contribution in [0.4, 0.5) is 15.8 Å². The number of para-hydroxylation sites is 1. The number of rotatable bonds is 5. The van der Waals surface area contributed by atoms with Crippen molar-refractivity contribution in [3.63, 3.8) is 0 Å². The largest absolute Gasteiger partial charge is 0.322 e. The minimum atomic E-state index is -0.388. The molecule has 0 saturated heterocycles. The molecule has 0 spiro atoms. The van der Waals surface area contributed by atoms with Crippen LogP contribution in [0, 0.1) is 19.7 Å². The van der Waals surface area contributed by atoms with E-state index < -0.39 is 0 Å². The Kier molecular flexibility index (Phi) is 6.19. The van der Waals surface area contributed by atoms with Crippen molar-refractivity contribution in [1.82, 2.24) is 0 Å². The van der Waals surface area contributed by atoms with Crippen LogP contribution in [0.1, 0.15) is 27.0 Å². The van der Waals surface area contributed by atoms with Crippen LogP contribution in [-0.4, -0.2) is 11.8 Å². The summed E-state index contributed by atoms with van der Waals surface area (Å²) < 4.78 is 12.9. The number of aryl methyl sites for hydroxylation is 2. The molecule has 0 aromatic heterocycles. The molecular weight excluding hydrogens is 367 g/mol. The highest BCUT2D eigenvalue weighted by atomic mass is 19.1. The number of anilines is 2. The van der Waals surface area contributed by atoms with Crippen LogP contribution in [-0.2, 0) is 4.79 Å². The molecule has 0 radical (unpaired) electrons. The molecule has 0 heterocycles. The fourth-order valence-corrected chi connectivity index (χ4v) is 2.73. The molecule has 0 bridgehead atoms. The number of benzene rings is 3. The van der Waals surface area contributed by atoms with Gasteiger partial charge in [-0.1, -0.05) is 30.3 Å². The first-order valence-electron chi connectivity index (χ1n) is 9.14. The molecule has 2 N–H and O–H groups in total. The molecule has 4 nitrogen and oxygen atoms in total. The SMILES string of the molecule is Cc1ccc(NC(=O)c2ccccc2NC(=O)/C=C/c2ccc(F)cc2)cc1C. The fraction of sp³-hybridized carbons (Fsp3) is 0.0833. The molecule has 0 atom stereocenters. The second kappa shape index (κ2) is 8.97. The van der Waals surface area contributed by atoms with Crippen molar-refractivity contribution in [2.45, 2.75) is 13.8 Å². The van der Waals surface area contributed by atoms with Crippen molar-refractivity contribution in [2.75, 3.05) is 10.6 Å². The zero-order chi connectivity index (χ0) is 20.8. The summed E-state index contributed by atoms with van der Waals surface area (Å²) in [4.78, 5) is 25.0. The predicted octanol–water partition coefficient (Wildman–Crippen LogP) is 5.35. The lowest BCUT2D eigenvalue weighted by molar-refractivity contribution is -0.111. The van der Waals surface area contributed by atoms with Crippen molar-refractivity contribution >= 4 is 29.3 Å². The molecule has 29 heavy (non-hydrogen) atoms. The van der Waals surface area contributed by atoms with Crippen molar-refractivity contribution in [3.05, 3.63) is 101 Å². The summed E-state index contributed by atoms with van der Waals surface area (Å²) in [6.45, 7) is 3.98. The number of halogens is 1. The molecule has 0 aliphatic carbocycles. The molecule has 2 amide bonds. The Balaban J connectivity index is 1.72. The van der Waals surface area contributed by atoms with Gasteiger partial charge in [0.1, 0.15) is 5.82 Å². The van der Waals surface area contributed by atoms with Crippen molar-refractivity contribution in [3.8, 4) is 0 Å². The van der Waals surface area contributed by atoms with Gasteiger partial charge in [0.05, 0.1) is 11.3 Å². The van der Waals surface area contributed by atoms with Crippen LogP contribution in [0.15, 0.2) is 72.8 Å². The molecular formula is C24H21FN2O2. The summed E-state index contributed by atoms with van der Waals surface area (Å²) in [5, 5.41) is 5.58. The minimum Gasteiger partial charge on any atom is -0.322 e. The van der Waals surface area contributed by atoms with E-state index in [0.29, 0.717) is 22.5 Å². The Bertz CT molecular complexity index is 1070. The summed E-state index contributed by atoms with van der Waals surface area (Å²) in [6, 6.07) is 18.3. The maximum atomic E-state index is 12.9. The van der Waals surface area contributed by atoms with E-state index in [2.05, 4.69) is 10.6 Å². The molecule has 0 fully saturated rings. The topological polar surface area (TPSA) is 58.2 Å². The first-order valence-corrected chi connectivity index (χ1v) is 9.14. The molecule has 3 aromatic carbocycles. The summed E-state index contributed by atoms with van der Waals surface area (Å²) in [6.07, 6.45) is 2.91. The molecule has 5 heteroatoms. The van der Waals surface area contributed by atoms with Crippen molar-refractivity contribution < 1.29 is 14.0 Å². The average Bonchev–Trinajstić information content (AvgIpc) is 2.71. The predicted molar refractivity (Wildman–Crippen MR) is 114 cm³/mol. The lowest BCUT2D eigenvalue weighted by Crippen LogP contribution is -2.17. The second-order valence-electron chi connectivity index (χ2n) is 6.67. The molecule has 0 aliphatic heterocycles. The van der Waals surface area contributed by atoms with Crippen LogP contribution in [0.5, 0.6) is 0 Å². The highest BCUT2D eigenvalue weighted by Gasteiger charge is 2.13. The van der Waals surface area contributed by atoms with E-state index in [0.717, 1.165) is 11.1 Å². The lowest BCUT2D eigenvalue weighted by Gasteiger charge is -2.11. The molecule has 3 rings (SSSR count). The maximum Gasteiger partial charge on any atom is 0.257 e. The van der Waals surface area contributed by atoms with Crippen molar-refractivity contribution in [1.29, 1.82) is 0 Å². The van der Waals surface area contributed by atoms with Crippen LogP contribution < -0.4 is 10.6 Å². The van der Waals surface area contributed by atoms with Gasteiger partial charge in [-0.05, 0) is 73.0 Å². The second-order valence-corrected chi connectivity index (χ2v) is 6.67. The van der Waals surface area contributed by atoms with Gasteiger partial charge in [-0.3, -0.25) is 9.59 Å². The van der Waals surface area contributed by atoms with Gasteiger partial charge in [-0.15, -0.1) is 0 Å². The third kappa shape index (κ3) is 5.39. The van der Waals surface area contributed by atoms with Crippen LogP contribution >= 0.6 is 0 Å². The number of carbonyl (C=O) groups excluding carboxylic acids is 2. The highest BCUT2D eigenvalue weighted by molar-refractivity contribution is 6.11. The summed E-state index contributed by atoms with van der Waals surface area (Å²) in [5.74, 6) is -1.04. The van der Waals surface area contributed by atoms with Crippen LogP contribution in [0.25, 0.3) is 6.08 Å². The van der Waals surface area contributed by atoms with Crippen LogP contribution in [0.3, 0.4) is 0 Å². The number of hydrogen-bond acceptors (Lipinski definition) is 2. The number of hydrogen-bond donors (Lipinski definition) is 2. The number of amides is 2. The molecule has 0 saturated carbocycles. The molecule has 0 unspecified atom stereocenters. The van der Waals surface area contributed by atoms with Gasteiger partial charge >= 0.3 is 0 Å². The van der Waals surface area contributed by atoms with Gasteiger partial charge in [-0.2, -0.15) is 0 Å². The standard InChI is InChI=1S/C24H21FN2O2/c1-16-7-13-20(15-17(16)2)26-24(29)21-5-3-4-6-22(21)27-23(28)14-10-18-8-11-19(25)12-9-18/h3-15H,1-2H3,(H,26,29)(H,27,28)/b14-10+. The van der Waals surface area contributed by atoms with E-state index in [9.17, 15) is 14.0 Å². The van der Waals surface area contributed by atoms with Crippen LogP contribution in [0.2, 0.25) is 0 Å². The van der Waals surface area contributed by atoms with Gasteiger partial charge < -0.3 is 10.6 Å². The van der Waals surface area contributed by atoms with E-state index in [1.807, 2.05) is 32.0 Å². The Hall–Kier alpha value is -3.73. The zero-order valence-electron chi connectivity index (χ0n) is 16.2. The van der Waals surface area contributed by atoms with E-state index in [-0.39, 0.29) is 17.6 Å². The third-order valence-corrected chi connectivity index (χ3v) is 4.49. The first-order chi connectivity index (χ1) is 13.9.